The third-order valence-electron chi connectivity index (χ3n) is 21.6. The Morgan fingerprint density at radius 3 is 1.41 bits per heavy atom. The zero-order chi connectivity index (χ0) is 98.2. The van der Waals surface area contributed by atoms with Crippen LogP contribution in [0.1, 0.15) is 236 Å². The highest BCUT2D eigenvalue weighted by molar-refractivity contribution is 6.04. The molecule has 0 saturated carbocycles. The number of rotatable bonds is 49. The largest absolute Gasteiger partial charge is 0.394 e. The minimum atomic E-state index is -1.90. The highest BCUT2D eigenvalue weighted by Crippen LogP contribution is 2.26. The van der Waals surface area contributed by atoms with Gasteiger partial charge in [-0.3, -0.25) is 95.9 Å². The number of aliphatic hydroxyl groups is 1. The summed E-state index contributed by atoms with van der Waals surface area (Å²) in [4.78, 5) is 277. The minimum absolute atomic E-state index is 0.0292. The number of hydrogen-bond acceptors (Lipinski definition) is 21. The van der Waals surface area contributed by atoms with Crippen LogP contribution in [0.25, 0.3) is 10.9 Å². The van der Waals surface area contributed by atoms with Gasteiger partial charge in [-0.25, -0.2) is 0 Å². The second kappa shape index (κ2) is 46.2. The lowest BCUT2D eigenvalue weighted by Gasteiger charge is -2.35. The van der Waals surface area contributed by atoms with Crippen molar-refractivity contribution in [2.24, 2.45) is 29.2 Å². The van der Waals surface area contributed by atoms with Crippen LogP contribution in [-0.2, 0) is 102 Å². The number of nitrogens with one attached hydrogen (secondary N) is 18. The molecular weight excluding hydrogens is 1660 g/mol. The second-order valence-electron chi connectivity index (χ2n) is 38.0. The van der Waals surface area contributed by atoms with Crippen molar-refractivity contribution in [1.29, 1.82) is 0 Å². The van der Waals surface area contributed by atoms with E-state index in [-0.39, 0.29) is 63.3 Å². The zero-order valence-corrected chi connectivity index (χ0v) is 78.7. The van der Waals surface area contributed by atoms with E-state index in [9.17, 15) is 101 Å². The lowest BCUT2D eigenvalue weighted by molar-refractivity contribution is -0.145. The molecule has 0 spiro atoms. The molecule has 128 heavy (non-hydrogen) atoms. The van der Waals surface area contributed by atoms with E-state index in [0.717, 1.165) is 16.5 Å². The van der Waals surface area contributed by atoms with E-state index in [2.05, 4.69) is 95.4 Å². The summed E-state index contributed by atoms with van der Waals surface area (Å²) in [6.07, 6.45) is 1.01. The average molecular weight is 1810 g/mol. The van der Waals surface area contributed by atoms with Crippen LogP contribution in [0, 0.1) is 17.8 Å². The van der Waals surface area contributed by atoms with Gasteiger partial charge < -0.3 is 117 Å². The Balaban J connectivity index is 1.67. The number of H-pyrrole nitrogens is 1. The van der Waals surface area contributed by atoms with Crippen molar-refractivity contribution in [3.63, 3.8) is 0 Å². The molecule has 0 unspecified atom stereocenters. The Bertz CT molecular complexity index is 4430. The van der Waals surface area contributed by atoms with Crippen molar-refractivity contribution in [1.82, 2.24) is 100 Å². The summed E-state index contributed by atoms with van der Waals surface area (Å²) in [5, 5.41) is 55.0. The molecule has 10 atom stereocenters. The summed E-state index contributed by atoms with van der Waals surface area (Å²) in [6.45, 7) is 34.7. The summed E-state index contributed by atoms with van der Waals surface area (Å²) in [5.74, 6) is -17.5. The maximum atomic E-state index is 14.6. The van der Waals surface area contributed by atoms with Crippen LogP contribution < -0.4 is 102 Å². The van der Waals surface area contributed by atoms with Gasteiger partial charge in [-0.1, -0.05) is 66.7 Å². The number of fused-ring (bicyclic) bond motifs is 1. The number of amides is 20. The molecule has 2 heterocycles. The van der Waals surface area contributed by atoms with Gasteiger partial charge in [-0.05, 0) is 198 Å². The third-order valence-corrected chi connectivity index (χ3v) is 21.6. The minimum Gasteiger partial charge on any atom is -0.394 e. The number of hydrogen-bond donors (Lipinski definition) is 21. The van der Waals surface area contributed by atoms with Crippen LogP contribution in [0.2, 0.25) is 0 Å². The zero-order valence-electron chi connectivity index (χ0n) is 78.7. The number of aliphatic hydroxyl groups excluding tert-OH is 1. The Kier molecular flexibility index (Phi) is 39.8. The van der Waals surface area contributed by atoms with Crippen molar-refractivity contribution in [3.8, 4) is 0 Å². The SMILES string of the molecule is CC[C@@](C)(NC(=O)C(C)(C)NC(=O)[C@H](C)NC(=O)[C@H](C)NC(=O)C(C)(C)NC(C)=O)C(=O)N[C@@H](CCC(N)=O)C(=O)NC(C)(C)C(=O)N[C@H](C(=O)NC(C)(C)C(=O)NCC(=O)N[C@@H](CC(C)C)C(=O)NC(C)(C)C(=O)N1CCC[C@H]1C(=O)N[C@@H](CC(C)C)C(=O)NC(C)(C)C(=O)NC(C)(C)C(=O)N[C@@H](CCC(N)=O)C(=O)N[C@H](CO)Cc1c[nH]c2ccccc12)C(C)C. The first-order valence-corrected chi connectivity index (χ1v) is 43.0. The average Bonchev–Trinajstić information content (AvgIpc) is 1.25. The molecule has 1 saturated heterocycles. The third kappa shape index (κ3) is 33.1. The van der Waals surface area contributed by atoms with Crippen molar-refractivity contribution in [2.45, 2.75) is 336 Å². The molecule has 716 valence electrons. The molecule has 20 amide bonds. The first kappa shape index (κ1) is 110. The Labute approximate surface area is 748 Å². The summed E-state index contributed by atoms with van der Waals surface area (Å²) in [6, 6.07) is -3.89. The van der Waals surface area contributed by atoms with E-state index < -0.39 is 249 Å². The molecule has 1 aliphatic rings. The van der Waals surface area contributed by atoms with Gasteiger partial charge in [0.15, 0.2) is 0 Å². The molecule has 23 N–H and O–H groups in total. The van der Waals surface area contributed by atoms with E-state index in [0.29, 0.717) is 6.42 Å². The normalized spacial score (nSPS) is 15.6. The molecule has 0 aliphatic carbocycles. The maximum absolute atomic E-state index is 14.6. The molecule has 0 radical (unpaired) electrons. The van der Waals surface area contributed by atoms with E-state index >= 15 is 0 Å². The number of primary amides is 2. The Hall–Kier alpha value is -11.9. The molecule has 0 bridgehead atoms. The standard InChI is InChI=1S/C86H141N21O21/c1-26-86(25,106-76(126)84(21,22)100-64(114)48(9)91-63(113)47(8)92-72(122)80(13,14)99-49(10)109)77(127)97-55(34-36-60(88)111)66(116)101-81(15,16)74(124)98-62(46(6)7)70(120)104-79(11,12)71(121)90-42-61(112)94-56(38-44(2)3)67(117)103-85(23,24)78(128)107-37-29-32-58(107)69(119)95-57(39-45(4)5)68(118)102-83(19,20)75(125)105-82(17,18)73(123)96-54(33-35-59(87)110)65(115)93-51(43-108)40-50-41-89-53-31-28-27-30-52(50)53/h27-28,30-31,41,44-48,51,54-58,62,89,108H,26,29,32-40,42-43H2,1-25H3,(H2,87,110)(H2,88,111)(H,90,121)(H,91,113)(H,92,122)(H,93,115)(H,94,112)(H,95,119)(H,96,123)(H,97,127)(H,98,124)(H,99,109)(H,100,114)(H,101,116)(H,102,118)(H,103,117)(H,104,120)(H,105,125)(H,106,126)/t47-,48-,51-,54-,55-,56-,57-,58-,62-,86+/m0/s1. The highest BCUT2D eigenvalue weighted by atomic mass is 16.3. The van der Waals surface area contributed by atoms with E-state index in [1.165, 1.54) is 136 Å². The van der Waals surface area contributed by atoms with E-state index in [1.807, 2.05) is 24.3 Å². The molecule has 42 nitrogen and oxygen atoms in total. The summed E-state index contributed by atoms with van der Waals surface area (Å²) in [7, 11) is 0. The van der Waals surface area contributed by atoms with E-state index in [4.69, 9.17) is 11.5 Å². The molecule has 1 aliphatic heterocycles. The van der Waals surface area contributed by atoms with Gasteiger partial charge in [0.05, 0.1) is 19.2 Å². The van der Waals surface area contributed by atoms with Crippen LogP contribution in [-0.4, -0.2) is 252 Å². The maximum Gasteiger partial charge on any atom is 0.248 e. The number of nitrogens with two attached hydrogens (primary N) is 2. The van der Waals surface area contributed by atoms with Gasteiger partial charge in [-0.2, -0.15) is 0 Å². The van der Waals surface area contributed by atoms with Crippen LogP contribution in [0.5, 0.6) is 0 Å². The van der Waals surface area contributed by atoms with Crippen molar-refractivity contribution < 1.29 is 101 Å². The smallest absolute Gasteiger partial charge is 0.248 e. The number of carbonyl (C=O) groups is 20. The van der Waals surface area contributed by atoms with Crippen LogP contribution in [0.4, 0.5) is 0 Å². The Morgan fingerprint density at radius 1 is 0.461 bits per heavy atom. The van der Waals surface area contributed by atoms with Gasteiger partial charge in [0.2, 0.25) is 118 Å². The number of benzene rings is 1. The van der Waals surface area contributed by atoms with Gasteiger partial charge in [0, 0.05) is 43.4 Å². The van der Waals surface area contributed by atoms with Gasteiger partial charge >= 0.3 is 0 Å². The molecular formula is C86H141N21O21. The molecule has 1 aromatic carbocycles. The summed E-state index contributed by atoms with van der Waals surface area (Å²) in [5.41, 5.74) is -1.41. The summed E-state index contributed by atoms with van der Waals surface area (Å²) < 4.78 is 0. The lowest BCUT2D eigenvalue weighted by atomic mass is 9.93. The molecule has 2 aromatic rings. The quantitative estimate of drug-likeness (QED) is 0.0328. The first-order valence-electron chi connectivity index (χ1n) is 43.0. The first-order chi connectivity index (χ1) is 58.7. The monoisotopic (exact) mass is 1800 g/mol. The fourth-order valence-corrected chi connectivity index (χ4v) is 13.4. The number of para-hydroxylation sites is 1. The summed E-state index contributed by atoms with van der Waals surface area (Å²) >= 11 is 0. The van der Waals surface area contributed by atoms with Crippen LogP contribution in [0.15, 0.2) is 30.5 Å². The number of aromatic nitrogens is 1. The fraction of sp³-hybridized carbons (Fsp3) is 0.674. The van der Waals surface area contributed by atoms with Gasteiger partial charge in [0.25, 0.3) is 0 Å². The van der Waals surface area contributed by atoms with Crippen molar-refractivity contribution in [2.75, 3.05) is 19.7 Å². The predicted molar refractivity (Wildman–Crippen MR) is 472 cm³/mol. The van der Waals surface area contributed by atoms with Crippen LogP contribution >= 0.6 is 0 Å². The number of carbonyl (C=O) groups excluding carboxylic acids is 20. The number of likely N-dealkylation sites (tertiary alicyclic amines) is 1. The number of aromatic amines is 1. The Morgan fingerprint density at radius 2 is 0.898 bits per heavy atom. The molecule has 1 fully saturated rings. The molecule has 1 aromatic heterocycles. The highest BCUT2D eigenvalue weighted by Gasteiger charge is 2.48. The van der Waals surface area contributed by atoms with Gasteiger partial charge in [-0.15, -0.1) is 0 Å². The van der Waals surface area contributed by atoms with Gasteiger partial charge in [0.1, 0.15) is 92.6 Å². The van der Waals surface area contributed by atoms with E-state index in [1.54, 1.807) is 47.7 Å². The predicted octanol–water partition coefficient (Wildman–Crippen LogP) is -2.42. The topological polar surface area (TPSA) is 637 Å². The number of nitrogens with zero attached hydrogens (tertiary/aromatic N) is 1. The van der Waals surface area contributed by atoms with Crippen LogP contribution in [0.3, 0.4) is 0 Å². The second-order valence-corrected chi connectivity index (χ2v) is 38.0. The van der Waals surface area contributed by atoms with Crippen molar-refractivity contribution >= 4 is 129 Å². The fourth-order valence-electron chi connectivity index (χ4n) is 13.4. The van der Waals surface area contributed by atoms with Crippen molar-refractivity contribution in [3.05, 3.63) is 36.0 Å². The lowest BCUT2D eigenvalue weighted by Crippen LogP contribution is -2.67. The molecule has 42 heteroatoms. The molecule has 3 rings (SSSR count).